The predicted octanol–water partition coefficient (Wildman–Crippen LogP) is 3.48. The summed E-state index contributed by atoms with van der Waals surface area (Å²) in [6.07, 6.45) is 8.68. The molecule has 1 rings (SSSR count). The van der Waals surface area contributed by atoms with Crippen molar-refractivity contribution in [3.05, 3.63) is 36.0 Å². The van der Waals surface area contributed by atoms with Gasteiger partial charge in [-0.25, -0.2) is 0 Å². The van der Waals surface area contributed by atoms with Crippen LogP contribution in [0.4, 0.5) is 0 Å². The zero-order valence-corrected chi connectivity index (χ0v) is 7.43. The Kier molecular flexibility index (Phi) is 2.70. The van der Waals surface area contributed by atoms with Gasteiger partial charge in [-0.15, -0.1) is 6.58 Å². The molecule has 11 heavy (non-hydrogen) atoms. The Balaban J connectivity index is 2.74. The lowest BCUT2D eigenvalue weighted by Gasteiger charge is -2.07. The van der Waals surface area contributed by atoms with Gasteiger partial charge in [0.05, 0.1) is 0 Å². The van der Waals surface area contributed by atoms with Crippen LogP contribution in [0.25, 0.3) is 0 Å². The van der Waals surface area contributed by atoms with E-state index in [0.717, 1.165) is 12.8 Å². The highest BCUT2D eigenvalue weighted by atomic mass is 14.1. The fraction of sp³-hybridized carbons (Fsp3) is 0.455. The first kappa shape index (κ1) is 8.32. The summed E-state index contributed by atoms with van der Waals surface area (Å²) in [6, 6.07) is 0. The Morgan fingerprint density at radius 3 is 2.91 bits per heavy atom. The van der Waals surface area contributed by atoms with E-state index < -0.39 is 0 Å². The topological polar surface area (TPSA) is 0 Å². The average molecular weight is 148 g/mol. The minimum absolute atomic E-state index is 0.670. The van der Waals surface area contributed by atoms with E-state index in [1.165, 1.54) is 5.57 Å². The van der Waals surface area contributed by atoms with Crippen LogP contribution >= 0.6 is 0 Å². The van der Waals surface area contributed by atoms with Gasteiger partial charge in [-0.2, -0.15) is 0 Å². The van der Waals surface area contributed by atoms with E-state index in [9.17, 15) is 0 Å². The quantitative estimate of drug-likeness (QED) is 0.537. The summed E-state index contributed by atoms with van der Waals surface area (Å²) < 4.78 is 0. The molecule has 0 heterocycles. The van der Waals surface area contributed by atoms with Gasteiger partial charge in [0.25, 0.3) is 0 Å². The molecule has 0 aromatic rings. The molecule has 0 radical (unpaired) electrons. The third-order valence-corrected chi connectivity index (χ3v) is 2.08. The Labute approximate surface area is 69.3 Å². The lowest BCUT2D eigenvalue weighted by molar-refractivity contribution is 0.778. The van der Waals surface area contributed by atoms with Gasteiger partial charge in [-0.05, 0) is 24.3 Å². The summed E-state index contributed by atoms with van der Waals surface area (Å²) in [4.78, 5) is 0. The number of hydrogen-bond acceptors (Lipinski definition) is 0. The largest absolute Gasteiger partial charge is 0.103 e. The molecule has 0 unspecified atom stereocenters. The monoisotopic (exact) mass is 148 g/mol. The Bertz CT molecular complexity index is 204. The average Bonchev–Trinajstić information content (AvgIpc) is 2.36. The Hall–Kier alpha value is -0.780. The van der Waals surface area contributed by atoms with Crippen molar-refractivity contribution < 1.29 is 0 Å². The summed E-state index contributed by atoms with van der Waals surface area (Å²) in [7, 11) is 0. The minimum atomic E-state index is 0.670. The maximum Gasteiger partial charge on any atom is -0.0127 e. The second-order valence-corrected chi connectivity index (χ2v) is 3.31. The maximum absolute atomic E-state index is 3.76. The maximum atomic E-state index is 3.76. The molecule has 0 nitrogen and oxygen atoms in total. The lowest BCUT2D eigenvalue weighted by Crippen LogP contribution is -1.92. The van der Waals surface area contributed by atoms with Crippen LogP contribution in [-0.4, -0.2) is 0 Å². The van der Waals surface area contributed by atoms with Gasteiger partial charge in [0.2, 0.25) is 0 Å². The molecule has 0 spiro atoms. The fourth-order valence-electron chi connectivity index (χ4n) is 1.54. The number of allylic oxidation sites excluding steroid dienone is 5. The van der Waals surface area contributed by atoms with Crippen LogP contribution in [0.2, 0.25) is 0 Å². The van der Waals surface area contributed by atoms with Crippen LogP contribution in [-0.2, 0) is 0 Å². The van der Waals surface area contributed by atoms with E-state index in [1.54, 1.807) is 5.57 Å². The standard InChI is InChI=1S/C11H16/c1-4-6-10-7-5-8-11(10)9(2)3/h4-5,8-9H,1,6-7H2,2-3H3. The molecule has 0 aromatic carbocycles. The van der Waals surface area contributed by atoms with Crippen molar-refractivity contribution in [3.63, 3.8) is 0 Å². The molecule has 0 fully saturated rings. The SMILES string of the molecule is C=CCC1=C(C(C)C)C=CC1. The summed E-state index contributed by atoms with van der Waals surface area (Å²) in [5.41, 5.74) is 3.07. The Morgan fingerprint density at radius 2 is 2.36 bits per heavy atom. The minimum Gasteiger partial charge on any atom is -0.103 e. The first-order valence-electron chi connectivity index (χ1n) is 4.25. The van der Waals surface area contributed by atoms with E-state index in [2.05, 4.69) is 32.6 Å². The van der Waals surface area contributed by atoms with Crippen LogP contribution in [0.3, 0.4) is 0 Å². The molecular weight excluding hydrogens is 132 g/mol. The smallest absolute Gasteiger partial charge is 0.0127 e. The summed E-state index contributed by atoms with van der Waals surface area (Å²) in [6.45, 7) is 8.24. The van der Waals surface area contributed by atoms with E-state index >= 15 is 0 Å². The van der Waals surface area contributed by atoms with Gasteiger partial charge >= 0.3 is 0 Å². The van der Waals surface area contributed by atoms with Gasteiger partial charge in [0.1, 0.15) is 0 Å². The molecule has 0 N–H and O–H groups in total. The first-order valence-corrected chi connectivity index (χ1v) is 4.25. The van der Waals surface area contributed by atoms with Crippen molar-refractivity contribution in [3.8, 4) is 0 Å². The number of hydrogen-bond donors (Lipinski definition) is 0. The molecule has 0 atom stereocenters. The molecule has 0 aromatic heterocycles. The second kappa shape index (κ2) is 3.56. The van der Waals surface area contributed by atoms with Crippen LogP contribution < -0.4 is 0 Å². The summed E-state index contributed by atoms with van der Waals surface area (Å²) in [5, 5.41) is 0. The summed E-state index contributed by atoms with van der Waals surface area (Å²) >= 11 is 0. The lowest BCUT2D eigenvalue weighted by atomic mass is 9.98. The van der Waals surface area contributed by atoms with Crippen LogP contribution in [0.15, 0.2) is 36.0 Å². The molecular formula is C11H16. The molecule has 1 aliphatic rings. The van der Waals surface area contributed by atoms with Crippen molar-refractivity contribution in [2.45, 2.75) is 26.7 Å². The van der Waals surface area contributed by atoms with Gasteiger partial charge in [-0.1, -0.05) is 37.6 Å². The third-order valence-electron chi connectivity index (χ3n) is 2.08. The molecule has 0 saturated carbocycles. The van der Waals surface area contributed by atoms with Gasteiger partial charge < -0.3 is 0 Å². The summed E-state index contributed by atoms with van der Waals surface area (Å²) in [5.74, 6) is 0.670. The molecule has 0 amide bonds. The van der Waals surface area contributed by atoms with Crippen LogP contribution in [0.5, 0.6) is 0 Å². The molecule has 0 heteroatoms. The second-order valence-electron chi connectivity index (χ2n) is 3.31. The first-order chi connectivity index (χ1) is 5.25. The van der Waals surface area contributed by atoms with Crippen LogP contribution in [0.1, 0.15) is 26.7 Å². The van der Waals surface area contributed by atoms with Crippen LogP contribution in [0, 0.1) is 5.92 Å². The highest BCUT2D eigenvalue weighted by Crippen LogP contribution is 2.27. The molecule has 0 bridgehead atoms. The normalized spacial score (nSPS) is 16.6. The zero-order valence-electron chi connectivity index (χ0n) is 7.43. The molecule has 60 valence electrons. The Morgan fingerprint density at radius 1 is 1.64 bits per heavy atom. The molecule has 0 saturated heterocycles. The van der Waals surface area contributed by atoms with Crippen molar-refractivity contribution in [2.75, 3.05) is 0 Å². The van der Waals surface area contributed by atoms with Gasteiger partial charge in [0, 0.05) is 0 Å². The van der Waals surface area contributed by atoms with Gasteiger partial charge in [0.15, 0.2) is 0 Å². The van der Waals surface area contributed by atoms with Gasteiger partial charge in [-0.3, -0.25) is 0 Å². The highest BCUT2D eigenvalue weighted by molar-refractivity contribution is 5.35. The van der Waals surface area contributed by atoms with Crippen molar-refractivity contribution in [1.29, 1.82) is 0 Å². The molecule has 1 aliphatic carbocycles. The zero-order chi connectivity index (χ0) is 8.27. The number of rotatable bonds is 3. The van der Waals surface area contributed by atoms with E-state index in [4.69, 9.17) is 0 Å². The van der Waals surface area contributed by atoms with E-state index in [0.29, 0.717) is 5.92 Å². The van der Waals surface area contributed by atoms with E-state index in [-0.39, 0.29) is 0 Å². The molecule has 0 aliphatic heterocycles. The predicted molar refractivity (Wildman–Crippen MR) is 50.4 cm³/mol. The third kappa shape index (κ3) is 1.83. The highest BCUT2D eigenvalue weighted by Gasteiger charge is 2.09. The fourth-order valence-corrected chi connectivity index (χ4v) is 1.54. The van der Waals surface area contributed by atoms with Crippen molar-refractivity contribution in [2.24, 2.45) is 5.92 Å². The van der Waals surface area contributed by atoms with Crippen molar-refractivity contribution >= 4 is 0 Å². The van der Waals surface area contributed by atoms with Crippen molar-refractivity contribution in [1.82, 2.24) is 0 Å². The van der Waals surface area contributed by atoms with E-state index in [1.807, 2.05) is 6.08 Å².